The second-order valence-electron chi connectivity index (χ2n) is 5.96. The van der Waals surface area contributed by atoms with Crippen LogP contribution in [0.2, 0.25) is 0 Å². The fourth-order valence-corrected chi connectivity index (χ4v) is 2.91. The second kappa shape index (κ2) is 8.68. The van der Waals surface area contributed by atoms with Gasteiger partial charge in [0.05, 0.1) is 0 Å². The van der Waals surface area contributed by atoms with Crippen molar-refractivity contribution in [2.45, 2.75) is 12.2 Å². The van der Waals surface area contributed by atoms with Crippen molar-refractivity contribution < 1.29 is 18.0 Å². The molecule has 3 rings (SSSR count). The van der Waals surface area contributed by atoms with Crippen LogP contribution in [0.1, 0.15) is 10.4 Å². The zero-order valence-corrected chi connectivity index (χ0v) is 15.0. The van der Waals surface area contributed by atoms with Gasteiger partial charge in [-0.25, -0.2) is 4.98 Å². The van der Waals surface area contributed by atoms with Gasteiger partial charge in [-0.1, -0.05) is 6.07 Å². The molecule has 1 aliphatic rings. The largest absolute Gasteiger partial charge is 0.405 e. The fourth-order valence-electron chi connectivity index (χ4n) is 2.91. The van der Waals surface area contributed by atoms with Gasteiger partial charge in [-0.3, -0.25) is 18.9 Å². The van der Waals surface area contributed by atoms with Crippen molar-refractivity contribution in [1.82, 2.24) is 24.9 Å². The Morgan fingerprint density at radius 3 is 2.67 bits per heavy atom. The molecule has 0 saturated carbocycles. The number of piperazine rings is 1. The van der Waals surface area contributed by atoms with Gasteiger partial charge in [0.2, 0.25) is 0 Å². The Bertz CT molecular complexity index is 852. The van der Waals surface area contributed by atoms with E-state index in [-0.39, 0.29) is 31.1 Å². The lowest BCUT2D eigenvalue weighted by Crippen LogP contribution is -2.57. The van der Waals surface area contributed by atoms with E-state index in [4.69, 9.17) is 0 Å². The Kier molecular flexibility index (Phi) is 6.79. The van der Waals surface area contributed by atoms with Gasteiger partial charge >= 0.3 is 6.18 Å². The van der Waals surface area contributed by atoms with Crippen LogP contribution in [0.15, 0.2) is 35.4 Å². The molecule has 0 aliphatic carbocycles. The van der Waals surface area contributed by atoms with Crippen molar-refractivity contribution in [3.8, 4) is 0 Å². The number of hydrogen-bond acceptors (Lipinski definition) is 5. The minimum absolute atomic E-state index is 0. The van der Waals surface area contributed by atoms with Crippen LogP contribution >= 0.6 is 12.4 Å². The van der Waals surface area contributed by atoms with Crippen molar-refractivity contribution >= 4 is 24.0 Å². The molecule has 7 nitrogen and oxygen atoms in total. The van der Waals surface area contributed by atoms with E-state index >= 15 is 0 Å². The van der Waals surface area contributed by atoms with Gasteiger partial charge in [0.1, 0.15) is 17.3 Å². The number of amides is 1. The molecule has 0 aromatic carbocycles. The smallest absolute Gasteiger partial charge is 0.350 e. The van der Waals surface area contributed by atoms with Crippen LogP contribution in [0, 0.1) is 0 Å². The number of nitrogens with zero attached hydrogens (tertiary/aromatic N) is 3. The summed E-state index contributed by atoms with van der Waals surface area (Å²) in [6.45, 7) is 0.757. The van der Waals surface area contributed by atoms with Crippen LogP contribution < -0.4 is 16.2 Å². The topological polar surface area (TPSA) is 78.7 Å². The normalized spacial score (nSPS) is 16.6. The van der Waals surface area contributed by atoms with Crippen molar-refractivity contribution in [3.05, 3.63) is 46.5 Å². The molecule has 0 bridgehead atoms. The van der Waals surface area contributed by atoms with E-state index in [1.165, 1.54) is 15.5 Å². The molecule has 148 valence electrons. The maximum Gasteiger partial charge on any atom is 0.405 e. The molecule has 1 fully saturated rings. The highest BCUT2D eigenvalue weighted by Crippen LogP contribution is 2.24. The van der Waals surface area contributed by atoms with Gasteiger partial charge in [-0.2, -0.15) is 13.2 Å². The molecular formula is C16H19ClF3N5O2. The minimum Gasteiger partial charge on any atom is -0.350 e. The first-order valence-electron chi connectivity index (χ1n) is 8.14. The Labute approximate surface area is 159 Å². The number of aromatic nitrogens is 2. The molecule has 0 radical (unpaired) electrons. The number of halogens is 4. The number of carbonyl (C=O) groups excluding carboxylic acids is 1. The number of nitrogens with one attached hydrogen (secondary N) is 2. The molecule has 2 aromatic rings. The van der Waals surface area contributed by atoms with Gasteiger partial charge in [0.25, 0.3) is 11.5 Å². The van der Waals surface area contributed by atoms with Crippen LogP contribution in [-0.2, 0) is 0 Å². The molecule has 1 saturated heterocycles. The molecule has 1 aliphatic heterocycles. The van der Waals surface area contributed by atoms with E-state index < -0.39 is 30.2 Å². The summed E-state index contributed by atoms with van der Waals surface area (Å²) in [6.07, 6.45) is -1.96. The van der Waals surface area contributed by atoms with Gasteiger partial charge < -0.3 is 10.6 Å². The molecule has 1 amide bonds. The predicted molar refractivity (Wildman–Crippen MR) is 95.3 cm³/mol. The third-order valence-electron chi connectivity index (χ3n) is 4.28. The van der Waals surface area contributed by atoms with Gasteiger partial charge in [-0.15, -0.1) is 12.4 Å². The summed E-state index contributed by atoms with van der Waals surface area (Å²) in [7, 11) is 0. The highest BCUT2D eigenvalue weighted by molar-refractivity contribution is 5.93. The summed E-state index contributed by atoms with van der Waals surface area (Å²) in [5, 5.41) is 5.22. The Hall–Kier alpha value is -2.17. The van der Waals surface area contributed by atoms with Crippen molar-refractivity contribution in [2.75, 3.05) is 32.7 Å². The minimum atomic E-state index is -4.48. The standard InChI is InChI=1S/C16H18F3N5O2.ClH/c17-16(18,19)12(23-7-4-20-5-8-23)10-22-14(25)11-9-21-13-3-1-2-6-24(13)15(11)26;/h1-3,6,9,12,20H,4-5,7-8,10H2,(H,22,25);1H. The van der Waals surface area contributed by atoms with Crippen LogP contribution in [0.3, 0.4) is 0 Å². The van der Waals surface area contributed by atoms with Crippen LogP contribution in [-0.4, -0.2) is 65.1 Å². The first-order valence-corrected chi connectivity index (χ1v) is 8.14. The quantitative estimate of drug-likeness (QED) is 0.782. The Morgan fingerprint density at radius 1 is 1.30 bits per heavy atom. The maximum absolute atomic E-state index is 13.4. The van der Waals surface area contributed by atoms with E-state index in [0.29, 0.717) is 18.7 Å². The summed E-state index contributed by atoms with van der Waals surface area (Å²) >= 11 is 0. The molecule has 2 N–H and O–H groups in total. The summed E-state index contributed by atoms with van der Waals surface area (Å²) in [5.41, 5.74) is -0.572. The second-order valence-corrected chi connectivity index (χ2v) is 5.96. The first kappa shape index (κ1) is 21.1. The molecule has 11 heteroatoms. The fraction of sp³-hybridized carbons (Fsp3) is 0.438. The highest BCUT2D eigenvalue weighted by Gasteiger charge is 2.43. The van der Waals surface area contributed by atoms with Crippen LogP contribution in [0.5, 0.6) is 0 Å². The van der Waals surface area contributed by atoms with Crippen molar-refractivity contribution in [2.24, 2.45) is 0 Å². The lowest BCUT2D eigenvalue weighted by atomic mass is 10.2. The third kappa shape index (κ3) is 4.76. The monoisotopic (exact) mass is 405 g/mol. The van der Waals surface area contributed by atoms with Crippen LogP contribution in [0.4, 0.5) is 13.2 Å². The first-order chi connectivity index (χ1) is 12.4. The van der Waals surface area contributed by atoms with E-state index in [1.54, 1.807) is 18.2 Å². The number of alkyl halides is 3. The molecular weight excluding hydrogens is 387 g/mol. The van der Waals surface area contributed by atoms with Crippen molar-refractivity contribution in [1.29, 1.82) is 0 Å². The maximum atomic E-state index is 13.4. The average Bonchev–Trinajstić information content (AvgIpc) is 2.62. The van der Waals surface area contributed by atoms with E-state index in [0.717, 1.165) is 6.20 Å². The van der Waals surface area contributed by atoms with E-state index in [9.17, 15) is 22.8 Å². The summed E-state index contributed by atoms with van der Waals surface area (Å²) in [6, 6.07) is 3.07. The zero-order valence-electron chi connectivity index (χ0n) is 14.2. The van der Waals surface area contributed by atoms with E-state index in [2.05, 4.69) is 15.6 Å². The molecule has 0 spiro atoms. The summed E-state index contributed by atoms with van der Waals surface area (Å²) < 4.78 is 41.2. The predicted octanol–water partition coefficient (Wildman–Crippen LogP) is 0.682. The number of pyridine rings is 1. The van der Waals surface area contributed by atoms with Crippen LogP contribution in [0.25, 0.3) is 5.65 Å². The zero-order chi connectivity index (χ0) is 18.7. The van der Waals surface area contributed by atoms with Gasteiger partial charge in [0, 0.05) is 45.1 Å². The van der Waals surface area contributed by atoms with Crippen molar-refractivity contribution in [3.63, 3.8) is 0 Å². The summed E-state index contributed by atoms with van der Waals surface area (Å²) in [4.78, 5) is 29.9. The third-order valence-corrected chi connectivity index (χ3v) is 4.28. The average molecular weight is 406 g/mol. The molecule has 3 heterocycles. The summed E-state index contributed by atoms with van der Waals surface area (Å²) in [5.74, 6) is -0.870. The molecule has 1 unspecified atom stereocenters. The number of hydrogen-bond donors (Lipinski definition) is 2. The molecule has 2 aromatic heterocycles. The Morgan fingerprint density at radius 2 is 2.00 bits per heavy atom. The van der Waals surface area contributed by atoms with Gasteiger partial charge in [-0.05, 0) is 12.1 Å². The van der Waals surface area contributed by atoms with E-state index in [1.807, 2.05) is 0 Å². The lowest BCUT2D eigenvalue weighted by Gasteiger charge is -2.35. The van der Waals surface area contributed by atoms with Gasteiger partial charge in [0.15, 0.2) is 0 Å². The SMILES string of the molecule is Cl.O=C(NCC(N1CCNCC1)C(F)(F)F)c1cnc2ccccn2c1=O. The highest BCUT2D eigenvalue weighted by atomic mass is 35.5. The lowest BCUT2D eigenvalue weighted by molar-refractivity contribution is -0.183. The number of rotatable bonds is 4. The number of fused-ring (bicyclic) bond motifs is 1. The Balaban J connectivity index is 0.00000261. The molecule has 1 atom stereocenters. The molecule has 27 heavy (non-hydrogen) atoms. The number of carbonyl (C=O) groups is 1.